The van der Waals surface area contributed by atoms with Crippen molar-refractivity contribution in [1.82, 2.24) is 14.5 Å². The Labute approximate surface area is 128 Å². The highest BCUT2D eigenvalue weighted by Gasteiger charge is 2.14. The van der Waals surface area contributed by atoms with Crippen molar-refractivity contribution in [2.24, 2.45) is 5.16 Å². The van der Waals surface area contributed by atoms with Crippen LogP contribution in [0.5, 0.6) is 0 Å². The van der Waals surface area contributed by atoms with Crippen LogP contribution in [0.15, 0.2) is 29.4 Å². The van der Waals surface area contributed by atoms with Crippen LogP contribution in [0.1, 0.15) is 18.7 Å². The van der Waals surface area contributed by atoms with Crippen LogP contribution in [-0.2, 0) is 11.4 Å². The molecule has 0 amide bonds. The maximum absolute atomic E-state index is 6.07. The number of para-hydroxylation sites is 1. The summed E-state index contributed by atoms with van der Waals surface area (Å²) >= 11 is 0. The summed E-state index contributed by atoms with van der Waals surface area (Å²) in [6.07, 6.45) is 3.59. The number of benzene rings is 1. The molecule has 114 valence electrons. The van der Waals surface area contributed by atoms with Crippen LogP contribution in [0, 0.1) is 6.92 Å². The van der Waals surface area contributed by atoms with E-state index in [-0.39, 0.29) is 0 Å². The fraction of sp³-hybridized carbons (Fsp3) is 0.312. The maximum Gasteiger partial charge on any atom is 0.152 e. The summed E-state index contributed by atoms with van der Waals surface area (Å²) < 4.78 is 2.20. The average molecular weight is 297 g/mol. The van der Waals surface area contributed by atoms with Crippen molar-refractivity contribution in [3.05, 3.63) is 30.1 Å². The lowest BCUT2D eigenvalue weighted by Crippen LogP contribution is -2.02. The second-order valence-electron chi connectivity index (χ2n) is 5.13. The molecule has 0 saturated carbocycles. The summed E-state index contributed by atoms with van der Waals surface area (Å²) in [7, 11) is 1.55. The first-order valence-corrected chi connectivity index (χ1v) is 7.28. The van der Waals surface area contributed by atoms with E-state index < -0.39 is 0 Å². The van der Waals surface area contributed by atoms with Crippen LogP contribution >= 0.6 is 0 Å². The highest BCUT2D eigenvalue weighted by molar-refractivity contribution is 6.06. The van der Waals surface area contributed by atoms with Gasteiger partial charge in [-0.25, -0.2) is 9.97 Å². The van der Waals surface area contributed by atoms with Crippen LogP contribution in [-0.4, -0.2) is 27.9 Å². The fourth-order valence-corrected chi connectivity index (χ4v) is 2.71. The van der Waals surface area contributed by atoms with Crippen molar-refractivity contribution < 1.29 is 4.84 Å². The second kappa shape index (κ2) is 6.01. The molecule has 2 heterocycles. The summed E-state index contributed by atoms with van der Waals surface area (Å²) in [5, 5.41) is 4.84. The van der Waals surface area contributed by atoms with Gasteiger partial charge in [-0.05, 0) is 25.8 Å². The summed E-state index contributed by atoms with van der Waals surface area (Å²) in [4.78, 5) is 13.7. The minimum atomic E-state index is 0.483. The molecule has 0 saturated heterocycles. The molecule has 2 aromatic heterocycles. The number of pyridine rings is 1. The Morgan fingerprint density at radius 1 is 1.32 bits per heavy atom. The molecular weight excluding hydrogens is 278 g/mol. The van der Waals surface area contributed by atoms with Crippen molar-refractivity contribution in [2.45, 2.75) is 26.3 Å². The van der Waals surface area contributed by atoms with Gasteiger partial charge in [-0.2, -0.15) is 0 Å². The van der Waals surface area contributed by atoms with Crippen molar-refractivity contribution in [3.8, 4) is 0 Å². The lowest BCUT2D eigenvalue weighted by atomic mass is 10.2. The number of anilines is 1. The smallest absolute Gasteiger partial charge is 0.152 e. The monoisotopic (exact) mass is 297 g/mol. The molecular formula is C16H19N5O. The Balaban J connectivity index is 2.05. The first-order valence-electron chi connectivity index (χ1n) is 7.28. The van der Waals surface area contributed by atoms with Crippen LogP contribution < -0.4 is 5.73 Å². The average Bonchev–Trinajstić information content (AvgIpc) is 2.85. The standard InChI is InChI=1S/C16H19N5O/c1-11-19-14-15(21(11)10-6-5-9-18-22-2)12-7-3-4-8-13(12)20-16(14)17/h3-4,7-9H,5-6,10H2,1-2H3,(H2,17,20)/b18-9+. The van der Waals surface area contributed by atoms with Gasteiger partial charge in [0.1, 0.15) is 18.5 Å². The van der Waals surface area contributed by atoms with E-state index in [9.17, 15) is 0 Å². The van der Waals surface area contributed by atoms with Gasteiger partial charge in [0.05, 0.1) is 11.0 Å². The molecule has 0 aliphatic heterocycles. The molecule has 6 heteroatoms. The van der Waals surface area contributed by atoms with Crippen LogP contribution in [0.2, 0.25) is 0 Å². The van der Waals surface area contributed by atoms with E-state index in [0.29, 0.717) is 5.82 Å². The number of nitrogens with two attached hydrogens (primary N) is 1. The van der Waals surface area contributed by atoms with Crippen LogP contribution in [0.3, 0.4) is 0 Å². The molecule has 22 heavy (non-hydrogen) atoms. The highest BCUT2D eigenvalue weighted by atomic mass is 16.6. The minimum absolute atomic E-state index is 0.483. The molecule has 0 radical (unpaired) electrons. The van der Waals surface area contributed by atoms with Crippen molar-refractivity contribution >= 4 is 34.0 Å². The first-order chi connectivity index (χ1) is 10.7. The van der Waals surface area contributed by atoms with E-state index in [0.717, 1.165) is 47.1 Å². The number of hydrogen-bond donors (Lipinski definition) is 1. The third-order valence-electron chi connectivity index (χ3n) is 3.70. The predicted octanol–water partition coefficient (Wildman–Crippen LogP) is 2.89. The van der Waals surface area contributed by atoms with Gasteiger partial charge < -0.3 is 15.1 Å². The molecule has 1 aromatic carbocycles. The largest absolute Gasteiger partial charge is 0.399 e. The number of nitrogens with zero attached hydrogens (tertiary/aromatic N) is 4. The van der Waals surface area contributed by atoms with Crippen LogP contribution in [0.4, 0.5) is 5.82 Å². The molecule has 0 unspecified atom stereocenters. The Morgan fingerprint density at radius 2 is 2.14 bits per heavy atom. The Morgan fingerprint density at radius 3 is 2.95 bits per heavy atom. The number of nitrogen functional groups attached to an aromatic ring is 1. The zero-order valence-corrected chi connectivity index (χ0v) is 12.8. The van der Waals surface area contributed by atoms with E-state index in [1.807, 2.05) is 25.1 Å². The number of rotatable bonds is 5. The van der Waals surface area contributed by atoms with Crippen LogP contribution in [0.25, 0.3) is 21.9 Å². The van der Waals surface area contributed by atoms with Gasteiger partial charge in [-0.3, -0.25) is 0 Å². The first kappa shape index (κ1) is 14.3. The topological polar surface area (TPSA) is 78.3 Å². The summed E-state index contributed by atoms with van der Waals surface area (Å²) in [6, 6.07) is 8.02. The second-order valence-corrected chi connectivity index (χ2v) is 5.13. The molecule has 3 rings (SSSR count). The zero-order chi connectivity index (χ0) is 15.5. The molecule has 0 aliphatic rings. The van der Waals surface area contributed by atoms with E-state index in [4.69, 9.17) is 5.73 Å². The third-order valence-corrected chi connectivity index (χ3v) is 3.70. The van der Waals surface area contributed by atoms with Gasteiger partial charge in [-0.1, -0.05) is 23.4 Å². The van der Waals surface area contributed by atoms with Gasteiger partial charge >= 0.3 is 0 Å². The number of aryl methyl sites for hydroxylation is 2. The molecule has 0 fully saturated rings. The molecule has 3 aromatic rings. The lowest BCUT2D eigenvalue weighted by molar-refractivity contribution is 0.214. The Hall–Kier alpha value is -2.63. The third kappa shape index (κ3) is 2.47. The number of oxime groups is 1. The van der Waals surface area contributed by atoms with Gasteiger partial charge in [0.25, 0.3) is 0 Å². The fourth-order valence-electron chi connectivity index (χ4n) is 2.71. The molecule has 0 spiro atoms. The summed E-state index contributed by atoms with van der Waals surface area (Å²) in [5.41, 5.74) is 8.81. The lowest BCUT2D eigenvalue weighted by Gasteiger charge is -2.08. The number of aromatic nitrogens is 3. The van der Waals surface area contributed by atoms with Crippen molar-refractivity contribution in [3.63, 3.8) is 0 Å². The van der Waals surface area contributed by atoms with E-state index in [1.54, 1.807) is 13.3 Å². The molecule has 0 aliphatic carbocycles. The van der Waals surface area contributed by atoms with E-state index in [2.05, 4.69) is 30.6 Å². The maximum atomic E-state index is 6.07. The Kier molecular flexibility index (Phi) is 3.91. The summed E-state index contributed by atoms with van der Waals surface area (Å²) in [6.45, 7) is 2.85. The van der Waals surface area contributed by atoms with Gasteiger partial charge in [0.15, 0.2) is 5.82 Å². The number of imidazole rings is 1. The minimum Gasteiger partial charge on any atom is -0.399 e. The highest BCUT2D eigenvalue weighted by Crippen LogP contribution is 2.28. The zero-order valence-electron chi connectivity index (χ0n) is 12.8. The van der Waals surface area contributed by atoms with Gasteiger partial charge in [0, 0.05) is 18.1 Å². The number of fused-ring (bicyclic) bond motifs is 3. The molecule has 2 N–H and O–H groups in total. The number of unbranched alkanes of at least 4 members (excludes halogenated alkanes) is 1. The quantitative estimate of drug-likeness (QED) is 0.446. The normalized spacial score (nSPS) is 11.7. The van der Waals surface area contributed by atoms with Gasteiger partial charge in [0.2, 0.25) is 0 Å². The van der Waals surface area contributed by atoms with Crippen molar-refractivity contribution in [1.29, 1.82) is 0 Å². The van der Waals surface area contributed by atoms with E-state index in [1.165, 1.54) is 0 Å². The SMILES string of the molecule is CO/N=C/CCCn1c(C)nc2c(N)nc3ccccc3c21. The molecule has 6 nitrogen and oxygen atoms in total. The van der Waals surface area contributed by atoms with Gasteiger partial charge in [-0.15, -0.1) is 0 Å². The number of hydrogen-bond acceptors (Lipinski definition) is 5. The van der Waals surface area contributed by atoms with Crippen molar-refractivity contribution in [2.75, 3.05) is 12.8 Å². The molecule has 0 atom stereocenters. The predicted molar refractivity (Wildman–Crippen MR) is 88.9 cm³/mol. The van der Waals surface area contributed by atoms with E-state index >= 15 is 0 Å². The Bertz CT molecular complexity index is 837. The molecule has 0 bridgehead atoms. The summed E-state index contributed by atoms with van der Waals surface area (Å²) in [5.74, 6) is 1.43.